The number of carbonyl (C=O) groups is 1. The number of unbranched alkanes of at least 4 members (excludes halogenated alkanes) is 1. The van der Waals surface area contributed by atoms with Crippen LogP contribution in [0.4, 0.5) is 11.4 Å². The number of benzene rings is 2. The lowest BCUT2D eigenvalue weighted by atomic mass is 10.1. The van der Waals surface area contributed by atoms with Crippen LogP contribution >= 0.6 is 24.6 Å². The molecule has 30 heavy (non-hydrogen) atoms. The van der Waals surface area contributed by atoms with E-state index in [2.05, 4.69) is 36.1 Å². The average molecular weight is 445 g/mol. The lowest BCUT2D eigenvalue weighted by Crippen LogP contribution is -2.21. The lowest BCUT2D eigenvalue weighted by molar-refractivity contribution is 0.102. The van der Waals surface area contributed by atoms with Crippen molar-refractivity contribution in [3.8, 4) is 0 Å². The standard InChI is InChI=1S/C19H18N2O2S.C4H10.CH4S/c22-19(20-16-5-8-18-15(13-16)9-11-23-18)14-3-6-17(7-4-14)21-10-1-2-12-24-21;1-3-4-2;1-2/h3-9,11,13H,1-2,10,12H2,(H,20,22);3-4H2,1-2H3;2H,1H3. The topological polar surface area (TPSA) is 45.5 Å². The van der Waals surface area contributed by atoms with Gasteiger partial charge in [-0.25, -0.2) is 0 Å². The monoisotopic (exact) mass is 444 g/mol. The maximum absolute atomic E-state index is 12.4. The normalized spacial score (nSPS) is 13.0. The van der Waals surface area contributed by atoms with Crippen LogP contribution in [0.1, 0.15) is 49.9 Å². The van der Waals surface area contributed by atoms with E-state index in [1.165, 1.54) is 31.4 Å². The molecule has 3 aromatic rings. The molecule has 1 aliphatic heterocycles. The Morgan fingerprint density at radius 1 is 1.07 bits per heavy atom. The maximum Gasteiger partial charge on any atom is 0.255 e. The van der Waals surface area contributed by atoms with E-state index < -0.39 is 0 Å². The van der Waals surface area contributed by atoms with Crippen LogP contribution in [0.2, 0.25) is 0 Å². The Labute approximate surface area is 190 Å². The van der Waals surface area contributed by atoms with E-state index in [9.17, 15) is 4.79 Å². The van der Waals surface area contributed by atoms with E-state index in [1.54, 1.807) is 12.5 Å². The highest BCUT2D eigenvalue weighted by Gasteiger charge is 2.13. The van der Waals surface area contributed by atoms with E-state index in [4.69, 9.17) is 4.42 Å². The van der Waals surface area contributed by atoms with Gasteiger partial charge < -0.3 is 14.0 Å². The predicted octanol–water partition coefficient (Wildman–Crippen LogP) is 7.29. The minimum Gasteiger partial charge on any atom is -0.464 e. The van der Waals surface area contributed by atoms with Gasteiger partial charge in [-0.05, 0) is 79.6 Å². The summed E-state index contributed by atoms with van der Waals surface area (Å²) in [5.74, 6) is 1.06. The van der Waals surface area contributed by atoms with Gasteiger partial charge in [-0.2, -0.15) is 12.6 Å². The Morgan fingerprint density at radius 2 is 1.80 bits per heavy atom. The number of hydrogen-bond donors (Lipinski definition) is 2. The molecule has 1 aliphatic rings. The van der Waals surface area contributed by atoms with Crippen LogP contribution in [-0.4, -0.2) is 24.5 Å². The van der Waals surface area contributed by atoms with E-state index >= 15 is 0 Å². The molecule has 4 rings (SSSR count). The van der Waals surface area contributed by atoms with Crippen LogP contribution in [0.25, 0.3) is 11.0 Å². The first-order valence-corrected chi connectivity index (χ1v) is 12.3. The van der Waals surface area contributed by atoms with E-state index in [0.717, 1.165) is 28.9 Å². The molecule has 1 fully saturated rings. The number of thiol groups is 1. The van der Waals surface area contributed by atoms with Crippen LogP contribution in [0.3, 0.4) is 0 Å². The number of furan rings is 1. The van der Waals surface area contributed by atoms with Crippen molar-refractivity contribution < 1.29 is 9.21 Å². The molecule has 2 heterocycles. The third-order valence-corrected chi connectivity index (χ3v) is 5.81. The first-order chi connectivity index (χ1) is 14.7. The molecular weight excluding hydrogens is 412 g/mol. The molecule has 1 saturated heterocycles. The largest absolute Gasteiger partial charge is 0.464 e. The summed E-state index contributed by atoms with van der Waals surface area (Å²) in [4.78, 5) is 12.4. The van der Waals surface area contributed by atoms with Gasteiger partial charge in [0.15, 0.2) is 0 Å². The second kappa shape index (κ2) is 13.3. The van der Waals surface area contributed by atoms with Crippen molar-refractivity contribution in [1.29, 1.82) is 0 Å². The van der Waals surface area contributed by atoms with E-state index in [-0.39, 0.29) is 5.91 Å². The molecular formula is C24H32N2O2S2. The van der Waals surface area contributed by atoms with Crippen molar-refractivity contribution >= 4 is 52.8 Å². The van der Waals surface area contributed by atoms with Crippen LogP contribution < -0.4 is 9.62 Å². The minimum atomic E-state index is -0.101. The van der Waals surface area contributed by atoms with Crippen LogP contribution in [0, 0.1) is 0 Å². The summed E-state index contributed by atoms with van der Waals surface area (Å²) in [5, 5.41) is 3.92. The van der Waals surface area contributed by atoms with Gasteiger partial charge >= 0.3 is 0 Å². The van der Waals surface area contributed by atoms with Gasteiger partial charge in [0.1, 0.15) is 5.58 Å². The van der Waals surface area contributed by atoms with Crippen LogP contribution in [0.15, 0.2) is 59.2 Å². The van der Waals surface area contributed by atoms with Gasteiger partial charge in [0.2, 0.25) is 0 Å². The molecule has 1 amide bonds. The van der Waals surface area contributed by atoms with E-state index in [0.29, 0.717) is 5.56 Å². The van der Waals surface area contributed by atoms with Crippen molar-refractivity contribution in [3.63, 3.8) is 0 Å². The molecule has 162 valence electrons. The molecule has 0 aliphatic carbocycles. The van der Waals surface area contributed by atoms with Crippen molar-refractivity contribution in [1.82, 2.24) is 0 Å². The van der Waals surface area contributed by atoms with Crippen molar-refractivity contribution in [3.05, 3.63) is 60.4 Å². The van der Waals surface area contributed by atoms with Crippen LogP contribution in [-0.2, 0) is 0 Å². The number of fused-ring (bicyclic) bond motifs is 1. The molecule has 2 aromatic carbocycles. The van der Waals surface area contributed by atoms with Gasteiger partial charge in [-0.1, -0.05) is 26.7 Å². The zero-order valence-corrected chi connectivity index (χ0v) is 19.8. The molecule has 0 bridgehead atoms. The molecule has 1 N–H and O–H groups in total. The predicted molar refractivity (Wildman–Crippen MR) is 135 cm³/mol. The summed E-state index contributed by atoms with van der Waals surface area (Å²) in [6, 6.07) is 15.3. The fraction of sp³-hybridized carbons (Fsp3) is 0.375. The molecule has 0 spiro atoms. The summed E-state index contributed by atoms with van der Waals surface area (Å²) in [5.41, 5.74) is 3.41. The fourth-order valence-electron chi connectivity index (χ4n) is 2.83. The smallest absolute Gasteiger partial charge is 0.255 e. The van der Waals surface area contributed by atoms with Gasteiger partial charge in [0.25, 0.3) is 5.91 Å². The number of amides is 1. The molecule has 0 atom stereocenters. The summed E-state index contributed by atoms with van der Waals surface area (Å²) in [7, 11) is 0. The van der Waals surface area contributed by atoms with Gasteiger partial charge in [-0.3, -0.25) is 4.79 Å². The summed E-state index contributed by atoms with van der Waals surface area (Å²) >= 11 is 5.39. The Bertz CT molecular complexity index is 886. The van der Waals surface area contributed by atoms with Crippen molar-refractivity contribution in [2.75, 3.05) is 28.2 Å². The summed E-state index contributed by atoms with van der Waals surface area (Å²) in [6.07, 6.45) is 8.49. The molecule has 0 saturated carbocycles. The SMILES string of the molecule is CCCC.CS.O=C(Nc1ccc2occc2c1)c1ccc(N2CCCCS2)cc1. The van der Waals surface area contributed by atoms with Crippen molar-refractivity contribution in [2.24, 2.45) is 0 Å². The highest BCUT2D eigenvalue weighted by molar-refractivity contribution is 8.00. The quantitative estimate of drug-likeness (QED) is 0.328. The van der Waals surface area contributed by atoms with Gasteiger partial charge in [0.05, 0.1) is 6.26 Å². The lowest BCUT2D eigenvalue weighted by Gasteiger charge is -2.27. The fourth-order valence-corrected chi connectivity index (χ4v) is 3.91. The maximum atomic E-state index is 12.4. The third-order valence-electron chi connectivity index (χ3n) is 4.63. The molecule has 6 heteroatoms. The number of nitrogens with zero attached hydrogens (tertiary/aromatic N) is 1. The Kier molecular flexibility index (Phi) is 10.7. The first-order valence-electron chi connectivity index (χ1n) is 10.4. The highest BCUT2D eigenvalue weighted by Crippen LogP contribution is 2.28. The Balaban J connectivity index is 0.000000481. The second-order valence-electron chi connectivity index (χ2n) is 6.82. The summed E-state index contributed by atoms with van der Waals surface area (Å²) < 4.78 is 7.62. The molecule has 0 unspecified atom stereocenters. The molecule has 0 radical (unpaired) electrons. The molecule has 4 nitrogen and oxygen atoms in total. The number of anilines is 2. The zero-order valence-electron chi connectivity index (χ0n) is 18.1. The number of hydrogen-bond acceptors (Lipinski definition) is 5. The van der Waals surface area contributed by atoms with Gasteiger partial charge in [0, 0.05) is 34.6 Å². The third kappa shape index (κ3) is 7.03. The number of carbonyl (C=O) groups excluding carboxylic acids is 1. The molecule has 1 aromatic heterocycles. The highest BCUT2D eigenvalue weighted by atomic mass is 32.2. The van der Waals surface area contributed by atoms with Crippen molar-refractivity contribution in [2.45, 2.75) is 39.5 Å². The Hall–Kier alpha value is -2.05. The second-order valence-corrected chi connectivity index (χ2v) is 7.92. The average Bonchev–Trinajstić information content (AvgIpc) is 3.29. The number of rotatable bonds is 4. The minimum absolute atomic E-state index is 0.101. The number of nitrogens with one attached hydrogen (secondary N) is 1. The Morgan fingerprint density at radius 3 is 2.43 bits per heavy atom. The van der Waals surface area contributed by atoms with E-state index in [1.807, 2.05) is 60.5 Å². The zero-order chi connectivity index (χ0) is 21.8. The first kappa shape index (κ1) is 24.2. The van der Waals surface area contributed by atoms with Gasteiger partial charge in [-0.15, -0.1) is 0 Å². The summed E-state index contributed by atoms with van der Waals surface area (Å²) in [6.45, 7) is 5.43. The van der Waals surface area contributed by atoms with Crippen LogP contribution in [0.5, 0.6) is 0 Å².